The molecule has 132 valence electrons. The number of alkyl halides is 3. The maximum Gasteiger partial charge on any atom is 0.416 e. The van der Waals surface area contributed by atoms with E-state index < -0.39 is 23.6 Å². The molecule has 2 rings (SSSR count). The van der Waals surface area contributed by atoms with Crippen LogP contribution in [0.3, 0.4) is 0 Å². The molecule has 1 aliphatic heterocycles. The topological polar surface area (TPSA) is 61.4 Å². The van der Waals surface area contributed by atoms with Gasteiger partial charge < -0.3 is 15.5 Å². The number of hydrogen-bond acceptors (Lipinski definition) is 2. The van der Waals surface area contributed by atoms with Crippen molar-refractivity contribution in [3.63, 3.8) is 0 Å². The molecule has 24 heavy (non-hydrogen) atoms. The molecule has 1 aromatic carbocycles. The fourth-order valence-corrected chi connectivity index (χ4v) is 2.51. The highest BCUT2D eigenvalue weighted by Crippen LogP contribution is 2.32. The normalized spacial score (nSPS) is 18.5. The summed E-state index contributed by atoms with van der Waals surface area (Å²) in [6, 6.07) is 1.40. The van der Waals surface area contributed by atoms with Crippen molar-refractivity contribution in [2.45, 2.75) is 31.6 Å². The van der Waals surface area contributed by atoms with Crippen LogP contribution >= 0.6 is 0 Å². The molecule has 0 aromatic heterocycles. The van der Waals surface area contributed by atoms with E-state index in [1.165, 1.54) is 4.90 Å². The Morgan fingerprint density at radius 3 is 2.71 bits per heavy atom. The van der Waals surface area contributed by atoms with Crippen molar-refractivity contribution in [1.82, 2.24) is 15.5 Å². The number of nitrogens with zero attached hydrogens (tertiary/aromatic N) is 1. The highest BCUT2D eigenvalue weighted by atomic mass is 19.4. The van der Waals surface area contributed by atoms with Gasteiger partial charge in [-0.1, -0.05) is 6.07 Å². The Labute approximate surface area is 136 Å². The second kappa shape index (κ2) is 7.06. The first-order chi connectivity index (χ1) is 11.2. The molecule has 5 nitrogen and oxygen atoms in total. The van der Waals surface area contributed by atoms with Crippen LogP contribution in [0.5, 0.6) is 0 Å². The lowest BCUT2D eigenvalue weighted by Crippen LogP contribution is -2.51. The fraction of sp³-hybridized carbons (Fsp3) is 0.467. The van der Waals surface area contributed by atoms with E-state index in [1.54, 1.807) is 7.05 Å². The second-order valence-electron chi connectivity index (χ2n) is 5.64. The summed E-state index contributed by atoms with van der Waals surface area (Å²) in [6.07, 6.45) is -3.93. The number of nitrogens with one attached hydrogen (secondary N) is 2. The number of piperidine rings is 1. The van der Waals surface area contributed by atoms with Crippen LogP contribution in [0.2, 0.25) is 0 Å². The van der Waals surface area contributed by atoms with Crippen molar-refractivity contribution in [2.24, 2.45) is 0 Å². The highest BCUT2D eigenvalue weighted by molar-refractivity contribution is 5.78. The van der Waals surface area contributed by atoms with Crippen molar-refractivity contribution in [1.29, 1.82) is 0 Å². The van der Waals surface area contributed by atoms with E-state index in [-0.39, 0.29) is 24.1 Å². The van der Waals surface area contributed by atoms with Crippen LogP contribution < -0.4 is 10.6 Å². The van der Waals surface area contributed by atoms with Gasteiger partial charge in [0.25, 0.3) is 0 Å². The van der Waals surface area contributed by atoms with Gasteiger partial charge in [0.05, 0.1) is 5.56 Å². The number of benzene rings is 1. The molecule has 1 heterocycles. The monoisotopic (exact) mass is 347 g/mol. The minimum Gasteiger partial charge on any atom is -0.344 e. The van der Waals surface area contributed by atoms with Crippen LogP contribution in [0.1, 0.15) is 24.0 Å². The van der Waals surface area contributed by atoms with E-state index in [9.17, 15) is 27.2 Å². The zero-order valence-electron chi connectivity index (χ0n) is 12.9. The third-order valence-electron chi connectivity index (χ3n) is 3.78. The quantitative estimate of drug-likeness (QED) is 0.824. The lowest BCUT2D eigenvalue weighted by atomic mass is 10.1. The molecule has 0 bridgehead atoms. The van der Waals surface area contributed by atoms with E-state index in [1.807, 2.05) is 0 Å². The molecule has 1 fully saturated rings. The Morgan fingerprint density at radius 2 is 2.08 bits per heavy atom. The Kier molecular flexibility index (Phi) is 5.30. The zero-order valence-corrected chi connectivity index (χ0v) is 12.9. The van der Waals surface area contributed by atoms with Crippen molar-refractivity contribution in [3.05, 3.63) is 35.1 Å². The van der Waals surface area contributed by atoms with Gasteiger partial charge in [-0.2, -0.15) is 13.2 Å². The van der Waals surface area contributed by atoms with Crippen molar-refractivity contribution in [2.75, 3.05) is 13.6 Å². The number of likely N-dealkylation sites (N-methyl/N-ethyl adjacent to an activating group) is 1. The number of carbonyl (C=O) groups is 2. The van der Waals surface area contributed by atoms with Gasteiger partial charge in [0, 0.05) is 32.6 Å². The Morgan fingerprint density at radius 1 is 1.38 bits per heavy atom. The molecule has 3 amide bonds. The average molecular weight is 347 g/mol. The van der Waals surface area contributed by atoms with E-state index in [2.05, 4.69) is 10.6 Å². The van der Waals surface area contributed by atoms with Crippen LogP contribution in [0.25, 0.3) is 0 Å². The third kappa shape index (κ3) is 4.59. The Hall–Kier alpha value is -2.32. The van der Waals surface area contributed by atoms with Crippen molar-refractivity contribution < 1.29 is 27.2 Å². The summed E-state index contributed by atoms with van der Waals surface area (Å²) in [7, 11) is 1.61. The summed E-state index contributed by atoms with van der Waals surface area (Å²) < 4.78 is 51.6. The lowest BCUT2D eigenvalue weighted by molar-refractivity contribution is -0.138. The minimum absolute atomic E-state index is 0.0189. The Bertz CT molecular complexity index is 634. The summed E-state index contributed by atoms with van der Waals surface area (Å²) in [5.74, 6) is -1.01. The smallest absolute Gasteiger partial charge is 0.344 e. The molecule has 0 spiro atoms. The number of urea groups is 1. The molecule has 1 saturated heterocycles. The lowest BCUT2D eigenvalue weighted by Gasteiger charge is -2.30. The number of halogens is 4. The van der Waals surface area contributed by atoms with Crippen LogP contribution in [0.4, 0.5) is 22.4 Å². The predicted molar refractivity (Wildman–Crippen MR) is 77.4 cm³/mol. The number of rotatable bonds is 3. The number of hydrogen-bond donors (Lipinski definition) is 2. The number of carbonyl (C=O) groups excluding carboxylic acids is 2. The van der Waals surface area contributed by atoms with E-state index >= 15 is 0 Å². The molecular formula is C15H17F4N3O2. The average Bonchev–Trinajstić information content (AvgIpc) is 2.49. The van der Waals surface area contributed by atoms with Gasteiger partial charge in [-0.25, -0.2) is 9.18 Å². The van der Waals surface area contributed by atoms with Gasteiger partial charge in [0.15, 0.2) is 0 Å². The molecular weight excluding hydrogens is 330 g/mol. The third-order valence-corrected chi connectivity index (χ3v) is 3.78. The van der Waals surface area contributed by atoms with Gasteiger partial charge >= 0.3 is 12.2 Å². The molecule has 0 saturated carbocycles. The largest absolute Gasteiger partial charge is 0.416 e. The standard InChI is InChI=1S/C15H17F4N3O2/c1-22-8-11(4-5-13(22)23)21-14(24)20-7-9-2-3-10(16)6-12(9)15(17,18)19/h2-3,6,11H,4-5,7-8H2,1H3,(H2,20,21,24)/t11-/m0/s1. The first kappa shape index (κ1) is 18.0. The summed E-state index contributed by atoms with van der Waals surface area (Å²) >= 11 is 0. The zero-order chi connectivity index (χ0) is 17.9. The van der Waals surface area contributed by atoms with E-state index in [0.29, 0.717) is 25.5 Å². The molecule has 0 aliphatic carbocycles. The molecule has 9 heteroatoms. The van der Waals surface area contributed by atoms with Gasteiger partial charge in [0.1, 0.15) is 5.82 Å². The molecule has 1 atom stereocenters. The van der Waals surface area contributed by atoms with Gasteiger partial charge in [-0.05, 0) is 24.1 Å². The Balaban J connectivity index is 1.94. The van der Waals surface area contributed by atoms with Crippen molar-refractivity contribution in [3.8, 4) is 0 Å². The van der Waals surface area contributed by atoms with E-state index in [4.69, 9.17) is 0 Å². The highest BCUT2D eigenvalue weighted by Gasteiger charge is 2.33. The molecule has 1 aromatic rings. The molecule has 1 aliphatic rings. The van der Waals surface area contributed by atoms with E-state index in [0.717, 1.165) is 12.1 Å². The summed E-state index contributed by atoms with van der Waals surface area (Å²) in [5.41, 5.74) is -1.35. The summed E-state index contributed by atoms with van der Waals surface area (Å²) in [5, 5.41) is 4.94. The summed E-state index contributed by atoms with van der Waals surface area (Å²) in [6.45, 7) is -0.0426. The van der Waals surface area contributed by atoms with Crippen LogP contribution in [0.15, 0.2) is 18.2 Å². The summed E-state index contributed by atoms with van der Waals surface area (Å²) in [4.78, 5) is 24.7. The maximum atomic E-state index is 13.0. The van der Waals surface area contributed by atoms with Crippen molar-refractivity contribution >= 4 is 11.9 Å². The number of likely N-dealkylation sites (tertiary alicyclic amines) is 1. The fourth-order valence-electron chi connectivity index (χ4n) is 2.51. The minimum atomic E-state index is -4.71. The molecule has 2 N–H and O–H groups in total. The SMILES string of the molecule is CN1C[C@@H](NC(=O)NCc2ccc(F)cc2C(F)(F)F)CCC1=O. The first-order valence-electron chi connectivity index (χ1n) is 7.31. The van der Waals surface area contributed by atoms with Crippen LogP contribution in [-0.2, 0) is 17.5 Å². The molecule has 0 radical (unpaired) electrons. The van der Waals surface area contributed by atoms with Gasteiger partial charge in [-0.15, -0.1) is 0 Å². The van der Waals surface area contributed by atoms with Crippen LogP contribution in [-0.4, -0.2) is 36.5 Å². The van der Waals surface area contributed by atoms with Gasteiger partial charge in [-0.3, -0.25) is 4.79 Å². The maximum absolute atomic E-state index is 13.0. The first-order valence-corrected chi connectivity index (χ1v) is 7.31. The predicted octanol–water partition coefficient (Wildman–Crippen LogP) is 2.26. The van der Waals surface area contributed by atoms with Crippen LogP contribution in [0, 0.1) is 5.82 Å². The second-order valence-corrected chi connectivity index (χ2v) is 5.64. The van der Waals surface area contributed by atoms with Gasteiger partial charge in [0.2, 0.25) is 5.91 Å². The molecule has 0 unspecified atom stereocenters. The number of amides is 3.